The molecule has 0 saturated carbocycles. The van der Waals surface area contributed by atoms with Crippen molar-refractivity contribution in [1.82, 2.24) is 0 Å². The fraction of sp³-hybridized carbons (Fsp3) is 0.267. The van der Waals surface area contributed by atoms with Gasteiger partial charge in [-0.3, -0.25) is 4.79 Å². The number of hydrogen-bond acceptors (Lipinski definition) is 7. The van der Waals surface area contributed by atoms with Crippen LogP contribution in [0.3, 0.4) is 0 Å². The Morgan fingerprint density at radius 2 is 1.61 bits per heavy atom. The van der Waals surface area contributed by atoms with Gasteiger partial charge in [0.1, 0.15) is 19.5 Å². The summed E-state index contributed by atoms with van der Waals surface area (Å²) in [4.78, 5) is 35.4. The monoisotopic (exact) mass is 321 g/mol. The van der Waals surface area contributed by atoms with Crippen LogP contribution in [0, 0.1) is 0 Å². The van der Waals surface area contributed by atoms with Gasteiger partial charge in [-0.1, -0.05) is 0 Å². The fourth-order valence-electron chi connectivity index (χ4n) is 1.85. The van der Waals surface area contributed by atoms with Crippen molar-refractivity contribution in [2.45, 2.75) is 0 Å². The summed E-state index contributed by atoms with van der Waals surface area (Å²) in [6.07, 6.45) is 1.20. The molecule has 8 heteroatoms. The maximum Gasteiger partial charge on any atom is 0.337 e. The van der Waals surface area contributed by atoms with Crippen molar-refractivity contribution < 1.29 is 33.3 Å². The first-order chi connectivity index (χ1) is 11.0. The highest BCUT2D eigenvalue weighted by Crippen LogP contribution is 2.18. The Kier molecular flexibility index (Phi) is 5.19. The second-order valence-corrected chi connectivity index (χ2v) is 4.44. The molecule has 1 aliphatic rings. The highest BCUT2D eigenvalue weighted by Gasteiger charge is 2.18. The molecule has 0 aliphatic carbocycles. The first-order valence-electron chi connectivity index (χ1n) is 6.63. The molecule has 1 amide bonds. The van der Waals surface area contributed by atoms with Gasteiger partial charge in [0, 0.05) is 5.69 Å². The Balaban J connectivity index is 2.29. The molecule has 1 aromatic rings. The Hall–Kier alpha value is -3.03. The maximum atomic E-state index is 12.1. The molecule has 0 saturated heterocycles. The van der Waals surface area contributed by atoms with Gasteiger partial charge in [-0.25, -0.2) is 9.59 Å². The average molecular weight is 321 g/mol. The number of amides is 1. The van der Waals surface area contributed by atoms with Crippen LogP contribution in [0.5, 0.6) is 0 Å². The number of methoxy groups -OCH3 is 2. The van der Waals surface area contributed by atoms with Gasteiger partial charge in [0.25, 0.3) is 5.91 Å². The highest BCUT2D eigenvalue weighted by atomic mass is 16.6. The second kappa shape index (κ2) is 7.30. The van der Waals surface area contributed by atoms with Crippen molar-refractivity contribution in [2.75, 3.05) is 32.8 Å². The lowest BCUT2D eigenvalue weighted by molar-refractivity contribution is -0.117. The molecule has 1 aliphatic heterocycles. The highest BCUT2D eigenvalue weighted by molar-refractivity contribution is 6.04. The maximum absolute atomic E-state index is 12.1. The van der Waals surface area contributed by atoms with Crippen LogP contribution in [0.15, 0.2) is 30.2 Å². The Labute approximate surface area is 132 Å². The summed E-state index contributed by atoms with van der Waals surface area (Å²) in [6, 6.07) is 4.06. The van der Waals surface area contributed by atoms with Crippen LogP contribution in [0.2, 0.25) is 0 Å². The third-order valence-corrected chi connectivity index (χ3v) is 2.91. The third-order valence-electron chi connectivity index (χ3n) is 2.91. The molecule has 23 heavy (non-hydrogen) atoms. The minimum Gasteiger partial charge on any atom is -0.494 e. The largest absolute Gasteiger partial charge is 0.494 e. The van der Waals surface area contributed by atoms with Gasteiger partial charge in [-0.15, -0.1) is 0 Å². The van der Waals surface area contributed by atoms with Crippen LogP contribution < -0.4 is 5.32 Å². The van der Waals surface area contributed by atoms with Crippen molar-refractivity contribution in [2.24, 2.45) is 0 Å². The summed E-state index contributed by atoms with van der Waals surface area (Å²) in [5, 5.41) is 2.52. The van der Waals surface area contributed by atoms with Gasteiger partial charge in [0.05, 0.1) is 25.3 Å². The van der Waals surface area contributed by atoms with Gasteiger partial charge < -0.3 is 24.3 Å². The SMILES string of the molecule is COC(=O)c1cc(NC(=O)C2=COCCO2)cc(C(=O)OC)c1. The van der Waals surface area contributed by atoms with E-state index in [1.807, 2.05) is 0 Å². The zero-order valence-electron chi connectivity index (χ0n) is 12.6. The van der Waals surface area contributed by atoms with E-state index in [4.69, 9.17) is 9.47 Å². The van der Waals surface area contributed by atoms with Crippen LogP contribution in [0.1, 0.15) is 20.7 Å². The molecule has 1 heterocycles. The number of benzene rings is 1. The van der Waals surface area contributed by atoms with Crippen LogP contribution in [0.4, 0.5) is 5.69 Å². The van der Waals surface area contributed by atoms with Crippen LogP contribution in [0.25, 0.3) is 0 Å². The number of carbonyl (C=O) groups excluding carboxylic acids is 3. The molecule has 0 fully saturated rings. The van der Waals surface area contributed by atoms with Gasteiger partial charge in [-0.05, 0) is 18.2 Å². The van der Waals surface area contributed by atoms with Crippen molar-refractivity contribution in [3.8, 4) is 0 Å². The number of hydrogen-bond donors (Lipinski definition) is 1. The zero-order valence-corrected chi connectivity index (χ0v) is 12.6. The lowest BCUT2D eigenvalue weighted by Crippen LogP contribution is -2.21. The molecule has 0 aromatic heterocycles. The minimum absolute atomic E-state index is 0.000612. The molecule has 0 radical (unpaired) electrons. The molecule has 0 atom stereocenters. The molecule has 0 spiro atoms. The van der Waals surface area contributed by atoms with Crippen LogP contribution in [-0.4, -0.2) is 45.3 Å². The van der Waals surface area contributed by atoms with E-state index in [9.17, 15) is 14.4 Å². The van der Waals surface area contributed by atoms with E-state index in [-0.39, 0.29) is 29.2 Å². The molecule has 2 rings (SSSR count). The Morgan fingerprint density at radius 3 is 2.09 bits per heavy atom. The van der Waals surface area contributed by atoms with E-state index >= 15 is 0 Å². The normalized spacial score (nSPS) is 13.0. The molecule has 0 bridgehead atoms. The number of ether oxygens (including phenoxy) is 4. The molecule has 1 aromatic carbocycles. The van der Waals surface area contributed by atoms with Crippen LogP contribution >= 0.6 is 0 Å². The second-order valence-electron chi connectivity index (χ2n) is 4.44. The van der Waals surface area contributed by atoms with E-state index in [2.05, 4.69) is 14.8 Å². The fourth-order valence-corrected chi connectivity index (χ4v) is 1.85. The summed E-state index contributed by atoms with van der Waals surface area (Å²) in [5.41, 5.74) is 0.411. The number of esters is 2. The third kappa shape index (κ3) is 4.00. The molecule has 1 N–H and O–H groups in total. The average Bonchev–Trinajstić information content (AvgIpc) is 2.60. The molecule has 8 nitrogen and oxygen atoms in total. The summed E-state index contributed by atoms with van der Waals surface area (Å²) in [5.74, 6) is -1.87. The number of rotatable bonds is 4. The summed E-state index contributed by atoms with van der Waals surface area (Å²) in [7, 11) is 2.42. The lowest BCUT2D eigenvalue weighted by atomic mass is 10.1. The quantitative estimate of drug-likeness (QED) is 0.828. The van der Waals surface area contributed by atoms with E-state index in [0.717, 1.165) is 0 Å². The van der Waals surface area contributed by atoms with Crippen molar-refractivity contribution >= 4 is 23.5 Å². The van der Waals surface area contributed by atoms with E-state index in [1.54, 1.807) is 0 Å². The summed E-state index contributed by atoms with van der Waals surface area (Å²) in [6.45, 7) is 0.621. The predicted octanol–water partition coefficient (Wildman–Crippen LogP) is 1.09. The summed E-state index contributed by atoms with van der Waals surface area (Å²) >= 11 is 0. The first-order valence-corrected chi connectivity index (χ1v) is 6.63. The molecular weight excluding hydrogens is 306 g/mol. The van der Waals surface area contributed by atoms with E-state index in [1.165, 1.54) is 38.7 Å². The number of carbonyl (C=O) groups is 3. The predicted molar refractivity (Wildman–Crippen MR) is 77.7 cm³/mol. The van der Waals surface area contributed by atoms with Crippen LogP contribution in [-0.2, 0) is 23.7 Å². The van der Waals surface area contributed by atoms with Crippen molar-refractivity contribution in [1.29, 1.82) is 0 Å². The van der Waals surface area contributed by atoms with Gasteiger partial charge in [0.2, 0.25) is 5.76 Å². The van der Waals surface area contributed by atoms with Crippen molar-refractivity contribution in [3.05, 3.63) is 41.3 Å². The topological polar surface area (TPSA) is 100 Å². The van der Waals surface area contributed by atoms with Gasteiger partial charge in [0.15, 0.2) is 0 Å². The summed E-state index contributed by atoms with van der Waals surface area (Å²) < 4.78 is 19.4. The smallest absolute Gasteiger partial charge is 0.337 e. The number of anilines is 1. The van der Waals surface area contributed by atoms with Gasteiger partial charge in [-0.2, -0.15) is 0 Å². The molecular formula is C15H15NO7. The molecule has 122 valence electrons. The lowest BCUT2D eigenvalue weighted by Gasteiger charge is -2.15. The van der Waals surface area contributed by atoms with Gasteiger partial charge >= 0.3 is 11.9 Å². The van der Waals surface area contributed by atoms with E-state index in [0.29, 0.717) is 6.61 Å². The minimum atomic E-state index is -0.650. The Morgan fingerprint density at radius 1 is 1.00 bits per heavy atom. The Bertz CT molecular complexity index is 632. The first kappa shape index (κ1) is 16.3. The van der Waals surface area contributed by atoms with Crippen molar-refractivity contribution in [3.63, 3.8) is 0 Å². The molecule has 0 unspecified atom stereocenters. The zero-order chi connectivity index (χ0) is 16.8. The van der Waals surface area contributed by atoms with E-state index < -0.39 is 17.8 Å². The standard InChI is InChI=1S/C15H15NO7/c1-20-14(18)9-5-10(15(19)21-2)7-11(6-9)16-13(17)12-8-22-3-4-23-12/h5-8H,3-4H2,1-2H3,(H,16,17). The number of nitrogens with one attached hydrogen (secondary N) is 1.